The van der Waals surface area contributed by atoms with E-state index in [2.05, 4.69) is 76.4 Å². The van der Waals surface area contributed by atoms with Crippen molar-refractivity contribution in [3.8, 4) is 5.00 Å². The molecule has 0 saturated carbocycles. The van der Waals surface area contributed by atoms with Crippen molar-refractivity contribution in [2.24, 2.45) is 0 Å². The summed E-state index contributed by atoms with van der Waals surface area (Å²) in [5, 5.41) is 4.51. The summed E-state index contributed by atoms with van der Waals surface area (Å²) in [6, 6.07) is 22.9. The minimum absolute atomic E-state index is 0.0216. The average Bonchev–Trinajstić information content (AvgIpc) is 3.45. The number of nitrogens with zero attached hydrogens (tertiary/aromatic N) is 2. The molecule has 3 heterocycles. The van der Waals surface area contributed by atoms with Crippen LogP contribution in [0.5, 0.6) is 0 Å². The normalized spacial score (nSPS) is 16.9. The van der Waals surface area contributed by atoms with Gasteiger partial charge in [-0.3, -0.25) is 0 Å². The van der Waals surface area contributed by atoms with E-state index in [9.17, 15) is 4.79 Å². The number of carbonyl (C=O) groups is 1. The molecule has 2 aliphatic rings. The van der Waals surface area contributed by atoms with Crippen LogP contribution in [0, 0.1) is 6.92 Å². The van der Waals surface area contributed by atoms with Crippen LogP contribution >= 0.6 is 11.3 Å². The maximum Gasteiger partial charge on any atom is 0.318 e. The third kappa shape index (κ3) is 3.74. The highest BCUT2D eigenvalue weighted by Gasteiger charge is 2.36. The number of carbonyl (C=O) groups excluding carboxylic acids is 1. The molecule has 0 unspecified atom stereocenters. The minimum atomic E-state index is -0.149. The van der Waals surface area contributed by atoms with Gasteiger partial charge in [0.1, 0.15) is 5.00 Å². The first-order valence-electron chi connectivity index (χ1n) is 12.1. The van der Waals surface area contributed by atoms with Gasteiger partial charge in [-0.2, -0.15) is 0 Å². The molecule has 172 valence electrons. The Hall–Kier alpha value is -3.31. The molecule has 1 aliphatic carbocycles. The second-order valence-electron chi connectivity index (χ2n) is 9.39. The van der Waals surface area contributed by atoms with Gasteiger partial charge in [-0.15, -0.1) is 11.3 Å². The SMILES string of the molecule is Cc1cccc([C@@H]2c3cccn3-c3sc4c(c3CN2C(=O)NCc2ccccc2)CCCC4)c1. The van der Waals surface area contributed by atoms with E-state index in [0.717, 1.165) is 29.7 Å². The third-order valence-electron chi connectivity index (χ3n) is 7.08. The smallest absolute Gasteiger partial charge is 0.318 e. The second-order valence-corrected chi connectivity index (χ2v) is 10.5. The lowest BCUT2D eigenvalue weighted by Crippen LogP contribution is -2.41. The summed E-state index contributed by atoms with van der Waals surface area (Å²) >= 11 is 1.93. The summed E-state index contributed by atoms with van der Waals surface area (Å²) in [6.45, 7) is 3.26. The predicted octanol–water partition coefficient (Wildman–Crippen LogP) is 6.54. The monoisotopic (exact) mass is 467 g/mol. The van der Waals surface area contributed by atoms with E-state index < -0.39 is 0 Å². The molecule has 1 N–H and O–H groups in total. The van der Waals surface area contributed by atoms with Crippen molar-refractivity contribution in [3.63, 3.8) is 0 Å². The van der Waals surface area contributed by atoms with Crippen molar-refractivity contribution in [1.29, 1.82) is 0 Å². The van der Waals surface area contributed by atoms with Crippen LogP contribution in [0.25, 0.3) is 5.00 Å². The fraction of sp³-hybridized carbons (Fsp3) is 0.276. The lowest BCUT2D eigenvalue weighted by atomic mass is 9.95. The number of aromatic nitrogens is 1. The maximum atomic E-state index is 13.8. The zero-order valence-electron chi connectivity index (χ0n) is 19.5. The summed E-state index contributed by atoms with van der Waals surface area (Å²) in [6.07, 6.45) is 6.94. The summed E-state index contributed by atoms with van der Waals surface area (Å²) in [5.74, 6) is 0. The van der Waals surface area contributed by atoms with E-state index in [4.69, 9.17) is 0 Å². The van der Waals surface area contributed by atoms with Crippen molar-refractivity contribution in [2.75, 3.05) is 0 Å². The highest BCUT2D eigenvalue weighted by molar-refractivity contribution is 7.15. The fourth-order valence-electron chi connectivity index (χ4n) is 5.45. The number of hydrogen-bond acceptors (Lipinski definition) is 2. The van der Waals surface area contributed by atoms with E-state index in [0.29, 0.717) is 13.1 Å². The van der Waals surface area contributed by atoms with Gasteiger partial charge >= 0.3 is 6.03 Å². The van der Waals surface area contributed by atoms with Crippen molar-refractivity contribution < 1.29 is 4.79 Å². The second kappa shape index (κ2) is 8.80. The molecule has 1 aliphatic heterocycles. The Kier molecular flexibility index (Phi) is 5.50. The predicted molar refractivity (Wildman–Crippen MR) is 138 cm³/mol. The van der Waals surface area contributed by atoms with E-state index in [-0.39, 0.29) is 12.1 Å². The Morgan fingerprint density at radius 3 is 2.71 bits per heavy atom. The lowest BCUT2D eigenvalue weighted by Gasteiger charge is -2.31. The van der Waals surface area contributed by atoms with Gasteiger partial charge in [-0.25, -0.2) is 4.79 Å². The molecule has 0 bridgehead atoms. The van der Waals surface area contributed by atoms with Crippen LogP contribution in [0.4, 0.5) is 4.79 Å². The van der Waals surface area contributed by atoms with Crippen LogP contribution in [0.15, 0.2) is 72.9 Å². The number of urea groups is 1. The Bertz CT molecular complexity index is 1340. The van der Waals surface area contributed by atoms with Gasteiger partial charge in [0.05, 0.1) is 18.3 Å². The first kappa shape index (κ1) is 21.2. The van der Waals surface area contributed by atoms with Crippen molar-refractivity contribution in [1.82, 2.24) is 14.8 Å². The minimum Gasteiger partial charge on any atom is -0.334 e. The fourth-order valence-corrected chi connectivity index (χ4v) is 6.86. The van der Waals surface area contributed by atoms with Gasteiger partial charge in [0.15, 0.2) is 0 Å². The highest BCUT2D eigenvalue weighted by Crippen LogP contribution is 2.44. The van der Waals surface area contributed by atoms with Gasteiger partial charge < -0.3 is 14.8 Å². The molecule has 0 fully saturated rings. The van der Waals surface area contributed by atoms with Gasteiger partial charge in [-0.1, -0.05) is 60.2 Å². The van der Waals surface area contributed by atoms with Crippen LogP contribution in [-0.4, -0.2) is 15.5 Å². The number of aryl methyl sites for hydroxylation is 2. The van der Waals surface area contributed by atoms with Crippen LogP contribution in [0.2, 0.25) is 0 Å². The number of rotatable bonds is 3. The number of thiophene rings is 1. The molecule has 0 radical (unpaired) electrons. The van der Waals surface area contributed by atoms with E-state index in [1.54, 1.807) is 0 Å². The van der Waals surface area contributed by atoms with E-state index in [1.807, 2.05) is 29.5 Å². The molecular weight excluding hydrogens is 438 g/mol. The third-order valence-corrected chi connectivity index (χ3v) is 8.42. The van der Waals surface area contributed by atoms with Crippen LogP contribution in [0.1, 0.15) is 57.3 Å². The molecule has 0 spiro atoms. The quantitative estimate of drug-likeness (QED) is 0.365. The topological polar surface area (TPSA) is 37.3 Å². The lowest BCUT2D eigenvalue weighted by molar-refractivity contribution is 0.180. The first-order valence-corrected chi connectivity index (χ1v) is 13.0. The Morgan fingerprint density at radius 1 is 1.00 bits per heavy atom. The van der Waals surface area contributed by atoms with Crippen LogP contribution in [0.3, 0.4) is 0 Å². The van der Waals surface area contributed by atoms with Gasteiger partial charge in [0, 0.05) is 23.2 Å². The molecule has 6 rings (SSSR count). The first-order chi connectivity index (χ1) is 16.7. The van der Waals surface area contributed by atoms with Gasteiger partial charge in [0.25, 0.3) is 0 Å². The molecule has 1 atom stereocenters. The van der Waals surface area contributed by atoms with E-state index in [1.165, 1.54) is 39.4 Å². The molecule has 34 heavy (non-hydrogen) atoms. The number of amides is 2. The number of fused-ring (bicyclic) bond motifs is 5. The molecule has 2 amide bonds. The van der Waals surface area contributed by atoms with Crippen LogP contribution < -0.4 is 5.32 Å². The maximum absolute atomic E-state index is 13.8. The molecule has 5 heteroatoms. The molecule has 4 aromatic rings. The van der Waals surface area contributed by atoms with Crippen LogP contribution in [-0.2, 0) is 25.9 Å². The average molecular weight is 468 g/mol. The van der Waals surface area contributed by atoms with Gasteiger partial charge in [-0.05, 0) is 61.4 Å². The Morgan fingerprint density at radius 2 is 1.85 bits per heavy atom. The molecule has 2 aromatic heterocycles. The zero-order chi connectivity index (χ0) is 23.1. The number of nitrogens with one attached hydrogen (secondary N) is 1. The van der Waals surface area contributed by atoms with Crippen molar-refractivity contribution >= 4 is 17.4 Å². The van der Waals surface area contributed by atoms with Crippen molar-refractivity contribution in [3.05, 3.63) is 111 Å². The summed E-state index contributed by atoms with van der Waals surface area (Å²) in [4.78, 5) is 17.4. The molecule has 0 saturated heterocycles. The largest absolute Gasteiger partial charge is 0.334 e. The molecule has 2 aromatic carbocycles. The number of hydrogen-bond donors (Lipinski definition) is 1. The van der Waals surface area contributed by atoms with E-state index >= 15 is 0 Å². The summed E-state index contributed by atoms with van der Waals surface area (Å²) in [7, 11) is 0. The zero-order valence-corrected chi connectivity index (χ0v) is 20.3. The Balaban J connectivity index is 1.45. The molecular formula is C29H29N3OS. The highest BCUT2D eigenvalue weighted by atomic mass is 32.1. The van der Waals surface area contributed by atoms with Gasteiger partial charge in [0.2, 0.25) is 0 Å². The Labute approximate surface area is 204 Å². The number of benzene rings is 2. The molecule has 4 nitrogen and oxygen atoms in total. The summed E-state index contributed by atoms with van der Waals surface area (Å²) in [5.41, 5.74) is 7.43. The summed E-state index contributed by atoms with van der Waals surface area (Å²) < 4.78 is 2.34. The van der Waals surface area contributed by atoms with Crippen molar-refractivity contribution in [2.45, 2.75) is 51.7 Å². The standard InChI is InChI=1S/C29H29N3OS/c1-20-9-7-12-22(17-20)27-25-14-8-16-31(25)28-24(23-13-5-6-15-26(23)34-28)19-32(27)29(33)30-18-21-10-3-2-4-11-21/h2-4,7-12,14,16-17,27H,5-6,13,15,18-19H2,1H3,(H,30,33)/t27-/m1/s1.